The molecule has 10 heteroatoms. The minimum Gasteiger partial charge on any atom is -0.376 e. The van der Waals surface area contributed by atoms with Gasteiger partial charge in [0.2, 0.25) is 0 Å². The number of fused-ring (bicyclic) bond motifs is 1. The van der Waals surface area contributed by atoms with Crippen LogP contribution in [0.1, 0.15) is 5.56 Å². The highest BCUT2D eigenvalue weighted by atomic mass is 32.2. The fraction of sp³-hybridized carbons (Fsp3) is 0.111. The van der Waals surface area contributed by atoms with Crippen LogP contribution in [0.3, 0.4) is 0 Å². The lowest BCUT2D eigenvalue weighted by Crippen LogP contribution is -2.28. The fourth-order valence-corrected chi connectivity index (χ4v) is 3.03. The van der Waals surface area contributed by atoms with Crippen molar-refractivity contribution in [2.24, 2.45) is 0 Å². The molecule has 0 aliphatic rings. The van der Waals surface area contributed by atoms with E-state index in [1.165, 1.54) is 30.3 Å². The molecule has 0 unspecified atom stereocenters. The summed E-state index contributed by atoms with van der Waals surface area (Å²) < 4.78 is 102. The Morgan fingerprint density at radius 2 is 1.43 bits per heavy atom. The van der Waals surface area contributed by atoms with Crippen molar-refractivity contribution in [3.8, 4) is 16.9 Å². The zero-order valence-corrected chi connectivity index (χ0v) is 14.5. The van der Waals surface area contributed by atoms with E-state index < -0.39 is 33.1 Å². The van der Waals surface area contributed by atoms with Crippen molar-refractivity contribution in [3.05, 3.63) is 66.2 Å². The van der Waals surface area contributed by atoms with Gasteiger partial charge in [-0.05, 0) is 46.2 Å². The Balaban J connectivity index is 2.01. The first kappa shape index (κ1) is 20.0. The van der Waals surface area contributed by atoms with Crippen LogP contribution in [0.2, 0.25) is 0 Å². The fourth-order valence-electron chi connectivity index (χ4n) is 2.58. The van der Waals surface area contributed by atoms with Gasteiger partial charge in [-0.3, -0.25) is 0 Å². The van der Waals surface area contributed by atoms with E-state index in [0.29, 0.717) is 21.9 Å². The molecular weight excluding hydrogens is 410 g/mol. The molecule has 3 rings (SSSR count). The van der Waals surface area contributed by atoms with Crippen LogP contribution in [0.15, 0.2) is 60.7 Å². The summed E-state index contributed by atoms with van der Waals surface area (Å²) in [6, 6.07) is 12.5. The van der Waals surface area contributed by atoms with E-state index in [1.807, 2.05) is 0 Å². The first-order valence-electron chi connectivity index (χ1n) is 7.60. The van der Waals surface area contributed by atoms with Crippen LogP contribution < -0.4 is 4.18 Å². The van der Waals surface area contributed by atoms with Crippen LogP contribution >= 0.6 is 0 Å². The number of alkyl halides is 6. The molecule has 3 aromatic rings. The van der Waals surface area contributed by atoms with E-state index in [1.54, 1.807) is 6.07 Å². The summed E-state index contributed by atoms with van der Waals surface area (Å²) in [6.45, 7) is 0. The van der Waals surface area contributed by atoms with Gasteiger partial charge in [-0.2, -0.15) is 34.8 Å². The van der Waals surface area contributed by atoms with Gasteiger partial charge in [-0.1, -0.05) is 36.4 Å². The van der Waals surface area contributed by atoms with E-state index in [9.17, 15) is 34.8 Å². The predicted octanol–water partition coefficient (Wildman–Crippen LogP) is 5.75. The minimum atomic E-state index is -5.81. The van der Waals surface area contributed by atoms with Gasteiger partial charge in [-0.25, -0.2) is 0 Å². The zero-order chi connectivity index (χ0) is 20.7. The van der Waals surface area contributed by atoms with Gasteiger partial charge in [0.25, 0.3) is 0 Å². The van der Waals surface area contributed by atoms with Gasteiger partial charge in [-0.15, -0.1) is 0 Å². The summed E-state index contributed by atoms with van der Waals surface area (Å²) in [6.07, 6.45) is -4.48. The Morgan fingerprint density at radius 3 is 2.00 bits per heavy atom. The van der Waals surface area contributed by atoms with Gasteiger partial charge in [0, 0.05) is 0 Å². The van der Waals surface area contributed by atoms with E-state index in [2.05, 4.69) is 4.18 Å². The molecule has 0 amide bonds. The summed E-state index contributed by atoms with van der Waals surface area (Å²) >= 11 is 0. The van der Waals surface area contributed by atoms with E-state index >= 15 is 0 Å². The van der Waals surface area contributed by atoms with Gasteiger partial charge < -0.3 is 4.18 Å². The maximum absolute atomic E-state index is 12.7. The summed E-state index contributed by atoms with van der Waals surface area (Å²) in [7, 11) is -5.81. The molecule has 0 N–H and O–H groups in total. The second-order valence-electron chi connectivity index (χ2n) is 5.75. The highest BCUT2D eigenvalue weighted by Crippen LogP contribution is 2.35. The molecule has 0 aliphatic carbocycles. The molecule has 148 valence electrons. The van der Waals surface area contributed by atoms with Crippen molar-refractivity contribution in [3.63, 3.8) is 0 Å². The minimum absolute atomic E-state index is 0.354. The van der Waals surface area contributed by atoms with Crippen LogP contribution in [0.25, 0.3) is 21.9 Å². The number of hydrogen-bond acceptors (Lipinski definition) is 3. The summed E-state index contributed by atoms with van der Waals surface area (Å²) in [5.41, 5.74) is -5.40. The van der Waals surface area contributed by atoms with Crippen molar-refractivity contribution >= 4 is 20.9 Å². The Hall–Kier alpha value is -2.75. The van der Waals surface area contributed by atoms with Crippen LogP contribution in [0, 0.1) is 0 Å². The first-order valence-corrected chi connectivity index (χ1v) is 9.00. The molecule has 0 aromatic heterocycles. The molecule has 0 saturated heterocycles. The molecule has 0 heterocycles. The second kappa shape index (κ2) is 6.69. The van der Waals surface area contributed by atoms with E-state index in [-0.39, 0.29) is 0 Å². The van der Waals surface area contributed by atoms with Gasteiger partial charge >= 0.3 is 21.8 Å². The molecule has 0 spiro atoms. The number of halogens is 6. The largest absolute Gasteiger partial charge is 0.534 e. The molecule has 0 atom stereocenters. The lowest BCUT2D eigenvalue weighted by molar-refractivity contribution is -0.137. The topological polar surface area (TPSA) is 43.4 Å². The monoisotopic (exact) mass is 420 g/mol. The summed E-state index contributed by atoms with van der Waals surface area (Å²) in [4.78, 5) is 0. The average Bonchev–Trinajstić information content (AvgIpc) is 2.59. The number of benzene rings is 3. The van der Waals surface area contributed by atoms with Crippen molar-refractivity contribution in [1.82, 2.24) is 0 Å². The first-order chi connectivity index (χ1) is 12.9. The van der Waals surface area contributed by atoms with Crippen LogP contribution in [0.4, 0.5) is 26.3 Å². The predicted molar refractivity (Wildman–Crippen MR) is 90.0 cm³/mol. The number of rotatable bonds is 3. The third-order valence-corrected chi connectivity index (χ3v) is 4.84. The quantitative estimate of drug-likeness (QED) is 0.308. The lowest BCUT2D eigenvalue weighted by Gasteiger charge is -2.12. The highest BCUT2D eigenvalue weighted by molar-refractivity contribution is 7.88. The normalized spacial score (nSPS) is 12.9. The molecule has 28 heavy (non-hydrogen) atoms. The molecule has 0 bridgehead atoms. The molecule has 3 nitrogen and oxygen atoms in total. The lowest BCUT2D eigenvalue weighted by atomic mass is 9.97. The highest BCUT2D eigenvalue weighted by Gasteiger charge is 2.48. The molecule has 0 aliphatic heterocycles. The van der Waals surface area contributed by atoms with Gasteiger partial charge in [0.1, 0.15) is 5.75 Å². The van der Waals surface area contributed by atoms with Gasteiger partial charge in [0.05, 0.1) is 5.56 Å². The summed E-state index contributed by atoms with van der Waals surface area (Å²) in [5, 5.41) is 0.853. The SMILES string of the molecule is O=S(=O)(Oc1ccc2c(-c3ccc(C(F)(F)F)cc3)cccc2c1)C(F)(F)F. The van der Waals surface area contributed by atoms with E-state index in [4.69, 9.17) is 0 Å². The van der Waals surface area contributed by atoms with Crippen molar-refractivity contribution in [2.45, 2.75) is 11.7 Å². The standard InChI is InChI=1S/C18H10F6O3S/c19-17(20,21)13-6-4-11(5-7-13)15-3-1-2-12-10-14(8-9-16(12)15)27-28(25,26)18(22,23)24/h1-10H. The van der Waals surface area contributed by atoms with Crippen molar-refractivity contribution < 1.29 is 38.9 Å². The Kier molecular flexibility index (Phi) is 4.78. The third-order valence-electron chi connectivity index (χ3n) is 3.86. The zero-order valence-electron chi connectivity index (χ0n) is 13.7. The second-order valence-corrected chi connectivity index (χ2v) is 7.28. The molecule has 0 radical (unpaired) electrons. The maximum Gasteiger partial charge on any atom is 0.534 e. The number of hydrogen-bond donors (Lipinski definition) is 0. The van der Waals surface area contributed by atoms with E-state index in [0.717, 1.165) is 24.3 Å². The molecule has 3 aromatic carbocycles. The van der Waals surface area contributed by atoms with Gasteiger partial charge in [0.15, 0.2) is 0 Å². The summed E-state index contributed by atoms with van der Waals surface area (Å²) in [5.74, 6) is -0.533. The van der Waals surface area contributed by atoms with Crippen molar-refractivity contribution in [2.75, 3.05) is 0 Å². The Labute approximate surface area is 155 Å². The Morgan fingerprint density at radius 1 is 0.786 bits per heavy atom. The maximum atomic E-state index is 12.7. The van der Waals surface area contributed by atoms with Crippen LogP contribution in [-0.4, -0.2) is 13.9 Å². The smallest absolute Gasteiger partial charge is 0.376 e. The van der Waals surface area contributed by atoms with Crippen molar-refractivity contribution in [1.29, 1.82) is 0 Å². The van der Waals surface area contributed by atoms with Crippen LogP contribution in [-0.2, 0) is 16.3 Å². The van der Waals surface area contributed by atoms with Crippen LogP contribution in [0.5, 0.6) is 5.75 Å². The molecular formula is C18H10F6O3S. The Bertz CT molecular complexity index is 1120. The third kappa shape index (κ3) is 3.91. The molecule has 0 fully saturated rings. The molecule has 0 saturated carbocycles. The average molecular weight is 420 g/mol.